The van der Waals surface area contributed by atoms with Crippen molar-refractivity contribution in [2.24, 2.45) is 5.41 Å². The molecule has 0 aliphatic heterocycles. The highest BCUT2D eigenvalue weighted by molar-refractivity contribution is 5.83. The Balaban J connectivity index is 2.88. The van der Waals surface area contributed by atoms with Crippen molar-refractivity contribution in [1.82, 2.24) is 0 Å². The van der Waals surface area contributed by atoms with E-state index in [1.807, 2.05) is 25.2 Å². The normalized spacial score (nSPS) is 22.1. The topological polar surface area (TPSA) is 35.5 Å². The molecule has 3 heteroatoms. The van der Waals surface area contributed by atoms with Gasteiger partial charge in [0.15, 0.2) is 0 Å². The minimum Gasteiger partial charge on any atom is -0.466 e. The molecule has 0 radical (unpaired) electrons. The lowest BCUT2D eigenvalue weighted by Gasteiger charge is -2.36. The number of allylic oxidation sites excluding steroid dienone is 8. The Kier molecular flexibility index (Phi) is 8.11. The van der Waals surface area contributed by atoms with Gasteiger partial charge in [0.1, 0.15) is 0 Å². The lowest BCUT2D eigenvalue weighted by molar-refractivity contribution is -0.134. The van der Waals surface area contributed by atoms with Crippen LogP contribution in [0.2, 0.25) is 0 Å². The smallest absolute Gasteiger partial charge is 0.330 e. The zero-order chi connectivity index (χ0) is 19.0. The average molecular weight is 344 g/mol. The first-order chi connectivity index (χ1) is 11.7. The maximum absolute atomic E-state index is 11.2. The summed E-state index contributed by atoms with van der Waals surface area (Å²) in [6.45, 7) is 10.7. The number of hydrogen-bond acceptors (Lipinski definition) is 3. The second-order valence-electron chi connectivity index (χ2n) is 7.26. The largest absolute Gasteiger partial charge is 0.466 e. The highest BCUT2D eigenvalue weighted by Crippen LogP contribution is 2.41. The van der Waals surface area contributed by atoms with E-state index >= 15 is 0 Å². The third-order valence-electron chi connectivity index (χ3n) is 4.73. The first-order valence-electron chi connectivity index (χ1n) is 8.74. The SMILES string of the molecule is COC(=O)C=C(C)C=CC=C(C)C=CC1=C(C)C(OC)CCC1(C)C. The third-order valence-corrected chi connectivity index (χ3v) is 4.73. The molecule has 0 N–H and O–H groups in total. The molecular weight excluding hydrogens is 312 g/mol. The van der Waals surface area contributed by atoms with Crippen molar-refractivity contribution in [1.29, 1.82) is 0 Å². The Bertz CT molecular complexity index is 628. The predicted octanol–water partition coefficient (Wildman–Crippen LogP) is 5.32. The molecule has 1 aliphatic carbocycles. The zero-order valence-corrected chi connectivity index (χ0v) is 16.7. The quantitative estimate of drug-likeness (QED) is 0.372. The molecule has 0 spiro atoms. The van der Waals surface area contributed by atoms with E-state index in [4.69, 9.17) is 4.74 Å². The standard InChI is InChI=1S/C22H32O3/c1-16(9-8-10-17(2)15-21(23)25-7)11-12-19-18(3)20(24-6)13-14-22(19,4)5/h8-12,15,20H,13-14H2,1-7H3. The molecule has 0 saturated heterocycles. The molecule has 1 atom stereocenters. The number of methoxy groups -OCH3 is 2. The van der Waals surface area contributed by atoms with Crippen molar-refractivity contribution in [2.75, 3.05) is 14.2 Å². The second-order valence-corrected chi connectivity index (χ2v) is 7.26. The molecule has 0 bridgehead atoms. The van der Waals surface area contributed by atoms with Crippen LogP contribution in [0.3, 0.4) is 0 Å². The highest BCUT2D eigenvalue weighted by atomic mass is 16.5. The minimum absolute atomic E-state index is 0.172. The van der Waals surface area contributed by atoms with Crippen LogP contribution in [-0.2, 0) is 14.3 Å². The summed E-state index contributed by atoms with van der Waals surface area (Å²) in [6.07, 6.45) is 14.1. The van der Waals surface area contributed by atoms with E-state index in [0.29, 0.717) is 0 Å². The Morgan fingerprint density at radius 2 is 1.84 bits per heavy atom. The molecule has 3 nitrogen and oxygen atoms in total. The van der Waals surface area contributed by atoms with Gasteiger partial charge < -0.3 is 9.47 Å². The maximum atomic E-state index is 11.2. The number of carbonyl (C=O) groups is 1. The Hall–Kier alpha value is -1.87. The maximum Gasteiger partial charge on any atom is 0.330 e. The average Bonchev–Trinajstić information content (AvgIpc) is 2.54. The van der Waals surface area contributed by atoms with Gasteiger partial charge in [-0.05, 0) is 55.7 Å². The zero-order valence-electron chi connectivity index (χ0n) is 16.7. The molecule has 0 aromatic carbocycles. The summed E-state index contributed by atoms with van der Waals surface area (Å²) in [5.74, 6) is -0.336. The molecule has 0 heterocycles. The monoisotopic (exact) mass is 344 g/mol. The van der Waals surface area contributed by atoms with Crippen LogP contribution in [0, 0.1) is 5.41 Å². The molecule has 1 rings (SSSR count). The number of esters is 1. The van der Waals surface area contributed by atoms with E-state index in [9.17, 15) is 4.79 Å². The molecule has 25 heavy (non-hydrogen) atoms. The number of carbonyl (C=O) groups excluding carboxylic acids is 1. The van der Waals surface area contributed by atoms with Crippen LogP contribution in [-0.4, -0.2) is 26.3 Å². The molecule has 0 aromatic heterocycles. The van der Waals surface area contributed by atoms with Gasteiger partial charge in [-0.25, -0.2) is 4.79 Å². The van der Waals surface area contributed by atoms with Gasteiger partial charge >= 0.3 is 5.97 Å². The summed E-state index contributed by atoms with van der Waals surface area (Å²) in [6, 6.07) is 0. The van der Waals surface area contributed by atoms with Crippen LogP contribution >= 0.6 is 0 Å². The van der Waals surface area contributed by atoms with E-state index < -0.39 is 0 Å². The molecule has 1 aliphatic rings. The molecule has 0 amide bonds. The van der Waals surface area contributed by atoms with Gasteiger partial charge in [-0.3, -0.25) is 0 Å². The summed E-state index contributed by atoms with van der Waals surface area (Å²) < 4.78 is 10.2. The van der Waals surface area contributed by atoms with Gasteiger partial charge in [0, 0.05) is 13.2 Å². The number of hydrogen-bond donors (Lipinski definition) is 0. The van der Waals surface area contributed by atoms with Crippen molar-refractivity contribution in [3.8, 4) is 0 Å². The summed E-state index contributed by atoms with van der Waals surface area (Å²) in [7, 11) is 3.16. The van der Waals surface area contributed by atoms with E-state index in [1.54, 1.807) is 7.11 Å². The van der Waals surface area contributed by atoms with Crippen molar-refractivity contribution >= 4 is 5.97 Å². The van der Waals surface area contributed by atoms with E-state index in [2.05, 4.69) is 44.6 Å². The Labute approximate surface area is 152 Å². The summed E-state index contributed by atoms with van der Waals surface area (Å²) >= 11 is 0. The minimum atomic E-state index is -0.336. The van der Waals surface area contributed by atoms with E-state index in [-0.39, 0.29) is 17.5 Å². The lowest BCUT2D eigenvalue weighted by atomic mass is 9.71. The fourth-order valence-corrected chi connectivity index (χ4v) is 3.12. The Morgan fingerprint density at radius 1 is 1.16 bits per heavy atom. The number of ether oxygens (including phenoxy) is 2. The molecule has 1 unspecified atom stereocenters. The van der Waals surface area contributed by atoms with Crippen LogP contribution in [0.5, 0.6) is 0 Å². The second kappa shape index (κ2) is 9.57. The van der Waals surface area contributed by atoms with Crippen LogP contribution in [0.15, 0.2) is 58.7 Å². The summed E-state index contributed by atoms with van der Waals surface area (Å²) in [5, 5.41) is 0. The first-order valence-corrected chi connectivity index (χ1v) is 8.74. The highest BCUT2D eigenvalue weighted by Gasteiger charge is 2.31. The predicted molar refractivity (Wildman–Crippen MR) is 104 cm³/mol. The van der Waals surface area contributed by atoms with Crippen LogP contribution in [0.4, 0.5) is 0 Å². The van der Waals surface area contributed by atoms with Gasteiger partial charge in [-0.15, -0.1) is 0 Å². The first kappa shape index (κ1) is 21.2. The molecule has 0 aromatic rings. The molecule has 0 saturated carbocycles. The van der Waals surface area contributed by atoms with Gasteiger partial charge in [0.25, 0.3) is 0 Å². The molecular formula is C22H32O3. The fraction of sp³-hybridized carbons (Fsp3) is 0.500. The molecule has 138 valence electrons. The van der Waals surface area contributed by atoms with Gasteiger partial charge in [0.2, 0.25) is 0 Å². The van der Waals surface area contributed by atoms with Crippen LogP contribution in [0.25, 0.3) is 0 Å². The van der Waals surface area contributed by atoms with Crippen molar-refractivity contribution in [3.63, 3.8) is 0 Å². The third kappa shape index (κ3) is 6.50. The summed E-state index contributed by atoms with van der Waals surface area (Å²) in [4.78, 5) is 11.2. The van der Waals surface area contributed by atoms with Crippen LogP contribution < -0.4 is 0 Å². The van der Waals surface area contributed by atoms with Gasteiger partial charge in [-0.1, -0.05) is 49.8 Å². The van der Waals surface area contributed by atoms with Gasteiger partial charge in [-0.2, -0.15) is 0 Å². The lowest BCUT2D eigenvalue weighted by Crippen LogP contribution is -2.28. The Morgan fingerprint density at radius 3 is 2.44 bits per heavy atom. The van der Waals surface area contributed by atoms with Crippen molar-refractivity contribution < 1.29 is 14.3 Å². The summed E-state index contributed by atoms with van der Waals surface area (Å²) in [5.41, 5.74) is 4.87. The molecule has 0 fully saturated rings. The fourth-order valence-electron chi connectivity index (χ4n) is 3.12. The van der Waals surface area contributed by atoms with E-state index in [0.717, 1.165) is 24.0 Å². The van der Waals surface area contributed by atoms with Crippen molar-refractivity contribution in [3.05, 3.63) is 58.7 Å². The van der Waals surface area contributed by atoms with E-state index in [1.165, 1.54) is 24.3 Å². The van der Waals surface area contributed by atoms with Crippen molar-refractivity contribution in [2.45, 2.75) is 53.6 Å². The number of rotatable bonds is 6. The van der Waals surface area contributed by atoms with Crippen LogP contribution in [0.1, 0.15) is 47.5 Å². The van der Waals surface area contributed by atoms with Gasteiger partial charge in [0.05, 0.1) is 13.2 Å².